The van der Waals surface area contributed by atoms with Crippen molar-refractivity contribution in [1.29, 1.82) is 0 Å². The topological polar surface area (TPSA) is 57.2 Å². The van der Waals surface area contributed by atoms with Crippen molar-refractivity contribution in [3.8, 4) is 0 Å². The maximum Gasteiger partial charge on any atom is 0.164 e. The molecule has 0 aromatic heterocycles. The molecule has 18 heavy (non-hydrogen) atoms. The Morgan fingerprint density at radius 2 is 1.67 bits per heavy atom. The third-order valence-electron chi connectivity index (χ3n) is 3.12. The minimum atomic E-state index is -0.733. The largest absolute Gasteiger partial charge is 0.388 e. The first-order valence-electron chi connectivity index (χ1n) is 6.22. The minimum absolute atomic E-state index is 0.224. The van der Waals surface area contributed by atoms with E-state index in [1.165, 1.54) is 0 Å². The van der Waals surface area contributed by atoms with Crippen molar-refractivity contribution in [2.24, 2.45) is 0 Å². The minimum Gasteiger partial charge on any atom is -0.388 e. The molecule has 5 heteroatoms. The zero-order chi connectivity index (χ0) is 13.6. The van der Waals surface area contributed by atoms with E-state index in [1.54, 1.807) is 6.08 Å². The second-order valence-electron chi connectivity index (χ2n) is 5.66. The molecule has 0 aliphatic carbocycles. The van der Waals surface area contributed by atoms with E-state index in [1.807, 2.05) is 27.7 Å². The van der Waals surface area contributed by atoms with Gasteiger partial charge in [0.25, 0.3) is 0 Å². The highest BCUT2D eigenvalue weighted by Crippen LogP contribution is 2.35. The molecule has 0 aromatic carbocycles. The molecule has 104 valence electrons. The molecule has 4 atom stereocenters. The molecule has 0 saturated carbocycles. The average Bonchev–Trinajstić information content (AvgIpc) is 2.57. The van der Waals surface area contributed by atoms with Crippen LogP contribution in [0.5, 0.6) is 0 Å². The first-order chi connectivity index (χ1) is 8.24. The summed E-state index contributed by atoms with van der Waals surface area (Å²) < 4.78 is 22.7. The maximum absolute atomic E-state index is 10.0. The molecule has 5 nitrogen and oxygen atoms in total. The Bertz CT molecular complexity index is 325. The van der Waals surface area contributed by atoms with Crippen molar-refractivity contribution in [2.45, 2.75) is 63.7 Å². The van der Waals surface area contributed by atoms with Gasteiger partial charge in [-0.1, -0.05) is 6.08 Å². The van der Waals surface area contributed by atoms with Gasteiger partial charge in [-0.15, -0.1) is 6.58 Å². The molecule has 2 saturated heterocycles. The molecular formula is C13H22O5. The van der Waals surface area contributed by atoms with Crippen LogP contribution in [0.3, 0.4) is 0 Å². The number of hydrogen-bond donors (Lipinski definition) is 1. The monoisotopic (exact) mass is 258 g/mol. The molecular weight excluding hydrogens is 236 g/mol. The van der Waals surface area contributed by atoms with Gasteiger partial charge in [0.1, 0.15) is 24.4 Å². The van der Waals surface area contributed by atoms with Gasteiger partial charge in [-0.3, -0.25) is 0 Å². The molecule has 2 fully saturated rings. The van der Waals surface area contributed by atoms with E-state index < -0.39 is 23.8 Å². The molecule has 2 aliphatic rings. The second-order valence-corrected chi connectivity index (χ2v) is 5.66. The Hall–Kier alpha value is -0.460. The smallest absolute Gasteiger partial charge is 0.164 e. The highest BCUT2D eigenvalue weighted by Gasteiger charge is 2.50. The van der Waals surface area contributed by atoms with Crippen molar-refractivity contribution < 1.29 is 24.1 Å². The average molecular weight is 258 g/mol. The van der Waals surface area contributed by atoms with Crippen LogP contribution in [0.2, 0.25) is 0 Å². The van der Waals surface area contributed by atoms with Gasteiger partial charge in [0.05, 0.1) is 6.61 Å². The van der Waals surface area contributed by atoms with Crippen molar-refractivity contribution in [3.05, 3.63) is 12.7 Å². The first-order valence-corrected chi connectivity index (χ1v) is 6.22. The van der Waals surface area contributed by atoms with Crippen molar-refractivity contribution in [1.82, 2.24) is 0 Å². The summed E-state index contributed by atoms with van der Waals surface area (Å²) in [5, 5.41) is 10.0. The second kappa shape index (κ2) is 4.58. The van der Waals surface area contributed by atoms with E-state index in [0.717, 1.165) is 0 Å². The van der Waals surface area contributed by atoms with Crippen LogP contribution in [0.1, 0.15) is 27.7 Å². The standard InChI is InChI=1S/C13H22O5/c1-6-9-11(18-13(4,5)16-9)10-8(14)7-15-12(2,3)17-10/h6,8-11,14H,1,7H2,2-5H3/t8?,9?,10-,11-/m1/s1. The summed E-state index contributed by atoms with van der Waals surface area (Å²) >= 11 is 0. The van der Waals surface area contributed by atoms with Gasteiger partial charge in [-0.05, 0) is 27.7 Å². The summed E-state index contributed by atoms with van der Waals surface area (Å²) in [5.41, 5.74) is 0. The Morgan fingerprint density at radius 1 is 1.06 bits per heavy atom. The normalized spacial score (nSPS) is 42.7. The summed E-state index contributed by atoms with van der Waals surface area (Å²) in [7, 11) is 0. The zero-order valence-corrected chi connectivity index (χ0v) is 11.4. The fraction of sp³-hybridized carbons (Fsp3) is 0.846. The molecule has 2 heterocycles. The molecule has 0 aromatic rings. The lowest BCUT2D eigenvalue weighted by atomic mass is 10.0. The number of hydrogen-bond acceptors (Lipinski definition) is 5. The lowest BCUT2D eigenvalue weighted by molar-refractivity contribution is -0.322. The van der Waals surface area contributed by atoms with Crippen molar-refractivity contribution >= 4 is 0 Å². The molecule has 0 radical (unpaired) electrons. The fourth-order valence-corrected chi connectivity index (χ4v) is 2.36. The van der Waals surface area contributed by atoms with E-state index >= 15 is 0 Å². The number of aliphatic hydroxyl groups is 1. The zero-order valence-electron chi connectivity index (χ0n) is 11.4. The molecule has 0 bridgehead atoms. The Balaban J connectivity index is 2.16. The third kappa shape index (κ3) is 2.75. The van der Waals surface area contributed by atoms with Gasteiger partial charge in [-0.2, -0.15) is 0 Å². The van der Waals surface area contributed by atoms with Crippen LogP contribution in [-0.4, -0.2) is 47.7 Å². The number of aliphatic hydroxyl groups excluding tert-OH is 1. The van der Waals surface area contributed by atoms with Crippen LogP contribution >= 0.6 is 0 Å². The summed E-state index contributed by atoms with van der Waals surface area (Å²) in [5.74, 6) is -1.43. The SMILES string of the molecule is C=CC1OC(C)(C)O[C@H]1[C@@H]1OC(C)(C)OCC1O. The van der Waals surface area contributed by atoms with Crippen LogP contribution in [0, 0.1) is 0 Å². The van der Waals surface area contributed by atoms with Gasteiger partial charge in [-0.25, -0.2) is 0 Å². The predicted octanol–water partition coefficient (Wildman–Crippen LogP) is 1.20. The van der Waals surface area contributed by atoms with E-state index in [-0.39, 0.29) is 18.8 Å². The van der Waals surface area contributed by atoms with Crippen LogP contribution in [0.25, 0.3) is 0 Å². The summed E-state index contributed by atoms with van der Waals surface area (Å²) in [4.78, 5) is 0. The molecule has 0 amide bonds. The van der Waals surface area contributed by atoms with Crippen LogP contribution in [-0.2, 0) is 18.9 Å². The van der Waals surface area contributed by atoms with Gasteiger partial charge in [0.15, 0.2) is 11.6 Å². The third-order valence-corrected chi connectivity index (χ3v) is 3.12. The van der Waals surface area contributed by atoms with E-state index in [2.05, 4.69) is 6.58 Å². The molecule has 1 N–H and O–H groups in total. The highest BCUT2D eigenvalue weighted by molar-refractivity contribution is 4.99. The van der Waals surface area contributed by atoms with E-state index in [9.17, 15) is 5.11 Å². The Kier molecular flexibility index (Phi) is 3.55. The predicted molar refractivity (Wildman–Crippen MR) is 64.9 cm³/mol. The lowest BCUT2D eigenvalue weighted by Crippen LogP contribution is -2.55. The van der Waals surface area contributed by atoms with Gasteiger partial charge < -0.3 is 24.1 Å². The maximum atomic E-state index is 10.0. The van der Waals surface area contributed by atoms with Gasteiger partial charge in [0, 0.05) is 0 Å². The first kappa shape index (κ1) is 14.0. The van der Waals surface area contributed by atoms with Crippen molar-refractivity contribution in [3.63, 3.8) is 0 Å². The summed E-state index contributed by atoms with van der Waals surface area (Å²) in [6.45, 7) is 11.3. The summed E-state index contributed by atoms with van der Waals surface area (Å²) in [6.07, 6.45) is -0.219. The van der Waals surface area contributed by atoms with Gasteiger partial charge in [0.2, 0.25) is 0 Å². The number of ether oxygens (including phenoxy) is 4. The Labute approximate surface area is 108 Å². The molecule has 0 spiro atoms. The number of rotatable bonds is 2. The molecule has 2 aliphatic heterocycles. The molecule has 2 rings (SSSR count). The Morgan fingerprint density at radius 3 is 2.28 bits per heavy atom. The van der Waals surface area contributed by atoms with E-state index in [4.69, 9.17) is 18.9 Å². The van der Waals surface area contributed by atoms with Gasteiger partial charge >= 0.3 is 0 Å². The van der Waals surface area contributed by atoms with E-state index in [0.29, 0.717) is 0 Å². The van der Waals surface area contributed by atoms with Crippen LogP contribution in [0.4, 0.5) is 0 Å². The quantitative estimate of drug-likeness (QED) is 0.754. The fourth-order valence-electron chi connectivity index (χ4n) is 2.36. The molecule has 2 unspecified atom stereocenters. The highest BCUT2D eigenvalue weighted by atomic mass is 16.8. The summed E-state index contributed by atoms with van der Waals surface area (Å²) in [6, 6.07) is 0. The van der Waals surface area contributed by atoms with Crippen LogP contribution < -0.4 is 0 Å². The van der Waals surface area contributed by atoms with Crippen molar-refractivity contribution in [2.75, 3.05) is 6.61 Å². The van der Waals surface area contributed by atoms with Crippen LogP contribution in [0.15, 0.2) is 12.7 Å². The lowest BCUT2D eigenvalue weighted by Gasteiger charge is -2.41.